The highest BCUT2D eigenvalue weighted by Crippen LogP contribution is 2.29. The van der Waals surface area contributed by atoms with Crippen LogP contribution in [0.4, 0.5) is 0 Å². The minimum absolute atomic E-state index is 0.0152. The molecule has 5 nitrogen and oxygen atoms in total. The molecule has 0 saturated carbocycles. The van der Waals surface area contributed by atoms with Gasteiger partial charge in [0.25, 0.3) is 5.91 Å². The lowest BCUT2D eigenvalue weighted by Gasteiger charge is -2.40. The highest BCUT2D eigenvalue weighted by molar-refractivity contribution is 14.1. The van der Waals surface area contributed by atoms with Crippen molar-refractivity contribution in [3.8, 4) is 0 Å². The van der Waals surface area contributed by atoms with Gasteiger partial charge in [-0.15, -0.1) is 0 Å². The largest absolute Gasteiger partial charge is 0.345 e. The molecule has 3 heterocycles. The fraction of sp³-hybridized carbons (Fsp3) is 0.600. The van der Waals surface area contributed by atoms with E-state index in [-0.39, 0.29) is 11.4 Å². The third-order valence-electron chi connectivity index (χ3n) is 3.45. The van der Waals surface area contributed by atoms with Crippen molar-refractivity contribution >= 4 is 28.8 Å². The lowest BCUT2D eigenvalue weighted by molar-refractivity contribution is 0.0846. The maximum absolute atomic E-state index is 12.0. The molecule has 2 aliphatic rings. The SMILES string of the molecule is O=C1NC2(CCNCC2)Cc2cn(I)nc21. The van der Waals surface area contributed by atoms with Crippen molar-refractivity contribution in [2.75, 3.05) is 13.1 Å². The van der Waals surface area contributed by atoms with Crippen molar-refractivity contribution in [1.82, 2.24) is 18.6 Å². The smallest absolute Gasteiger partial charge is 0.272 e. The highest BCUT2D eigenvalue weighted by atomic mass is 127. The zero-order chi connectivity index (χ0) is 11.2. The Bertz CT molecular complexity index is 436. The number of nitrogens with zero attached hydrogens (tertiary/aromatic N) is 2. The molecule has 0 unspecified atom stereocenters. The summed E-state index contributed by atoms with van der Waals surface area (Å²) in [6, 6.07) is 0. The van der Waals surface area contributed by atoms with Gasteiger partial charge < -0.3 is 10.6 Å². The molecule has 1 fully saturated rings. The van der Waals surface area contributed by atoms with E-state index in [2.05, 4.69) is 38.6 Å². The minimum atomic E-state index is -0.0327. The summed E-state index contributed by atoms with van der Waals surface area (Å²) in [4.78, 5) is 12.0. The monoisotopic (exact) mass is 332 g/mol. The number of carbonyl (C=O) groups excluding carboxylic acids is 1. The van der Waals surface area contributed by atoms with Crippen LogP contribution in [0.1, 0.15) is 28.9 Å². The summed E-state index contributed by atoms with van der Waals surface area (Å²) in [7, 11) is 0. The molecule has 1 aromatic rings. The Morgan fingerprint density at radius 1 is 1.44 bits per heavy atom. The normalized spacial score (nSPS) is 22.9. The van der Waals surface area contributed by atoms with E-state index in [0.29, 0.717) is 5.69 Å². The molecule has 1 amide bonds. The second-order valence-electron chi connectivity index (χ2n) is 4.55. The maximum Gasteiger partial charge on any atom is 0.272 e. The first-order valence-corrected chi connectivity index (χ1v) is 6.43. The third-order valence-corrected chi connectivity index (χ3v) is 3.94. The first-order valence-electron chi connectivity index (χ1n) is 5.46. The van der Waals surface area contributed by atoms with E-state index in [0.717, 1.165) is 37.9 Å². The van der Waals surface area contributed by atoms with Crippen LogP contribution in [-0.4, -0.2) is 32.5 Å². The highest BCUT2D eigenvalue weighted by Gasteiger charge is 2.40. The number of halogens is 1. The van der Waals surface area contributed by atoms with Crippen LogP contribution in [0, 0.1) is 0 Å². The Morgan fingerprint density at radius 3 is 2.94 bits per heavy atom. The van der Waals surface area contributed by atoms with Crippen molar-refractivity contribution in [3.05, 3.63) is 17.5 Å². The molecule has 6 heteroatoms. The van der Waals surface area contributed by atoms with Crippen LogP contribution in [0.15, 0.2) is 6.20 Å². The summed E-state index contributed by atoms with van der Waals surface area (Å²) in [5.41, 5.74) is 1.65. The summed E-state index contributed by atoms with van der Waals surface area (Å²) in [5, 5.41) is 10.7. The molecule has 3 rings (SSSR count). The van der Waals surface area contributed by atoms with Crippen LogP contribution in [0.3, 0.4) is 0 Å². The number of nitrogens with one attached hydrogen (secondary N) is 2. The number of rotatable bonds is 0. The minimum Gasteiger partial charge on any atom is -0.345 e. The van der Waals surface area contributed by atoms with Gasteiger partial charge in [-0.1, -0.05) is 0 Å². The van der Waals surface area contributed by atoms with Gasteiger partial charge in [0.2, 0.25) is 0 Å². The van der Waals surface area contributed by atoms with Gasteiger partial charge in [-0.25, -0.2) is 2.90 Å². The molecule has 2 aliphatic heterocycles. The van der Waals surface area contributed by atoms with E-state index in [1.54, 1.807) is 2.90 Å². The summed E-state index contributed by atoms with van der Waals surface area (Å²) in [6.07, 6.45) is 4.88. The lowest BCUT2D eigenvalue weighted by atomic mass is 9.80. The summed E-state index contributed by atoms with van der Waals surface area (Å²) in [6.45, 7) is 1.96. The van der Waals surface area contributed by atoms with Crippen LogP contribution in [-0.2, 0) is 6.42 Å². The van der Waals surface area contributed by atoms with Gasteiger partial charge in [0, 0.05) is 17.3 Å². The molecule has 1 aromatic heterocycles. The number of amides is 1. The van der Waals surface area contributed by atoms with E-state index < -0.39 is 0 Å². The molecule has 0 bridgehead atoms. The Labute approximate surface area is 107 Å². The van der Waals surface area contributed by atoms with Crippen molar-refractivity contribution in [2.24, 2.45) is 0 Å². The van der Waals surface area contributed by atoms with Gasteiger partial charge in [0.05, 0.1) is 22.9 Å². The second kappa shape index (κ2) is 3.69. The van der Waals surface area contributed by atoms with Crippen LogP contribution < -0.4 is 10.6 Å². The standard InChI is InChI=1S/C10H13IN4O/c11-15-6-7-5-10(1-3-12-4-2-10)13-9(16)8(7)14-15/h6,12H,1-5H2,(H,13,16). The molecular weight excluding hydrogens is 319 g/mol. The molecule has 0 radical (unpaired) electrons. The fourth-order valence-electron chi connectivity index (χ4n) is 2.61. The van der Waals surface area contributed by atoms with Crippen LogP contribution in [0.5, 0.6) is 0 Å². The molecule has 0 aliphatic carbocycles. The zero-order valence-corrected chi connectivity index (χ0v) is 11.0. The van der Waals surface area contributed by atoms with Crippen molar-refractivity contribution < 1.29 is 4.79 Å². The number of aromatic nitrogens is 2. The fourth-order valence-corrected chi connectivity index (χ4v) is 3.17. The second-order valence-corrected chi connectivity index (χ2v) is 5.54. The molecular formula is C10H13IN4O. The molecule has 16 heavy (non-hydrogen) atoms. The number of fused-ring (bicyclic) bond motifs is 1. The lowest BCUT2D eigenvalue weighted by Crippen LogP contribution is -2.58. The van der Waals surface area contributed by atoms with Gasteiger partial charge in [-0.05, 0) is 32.4 Å². The Kier molecular flexibility index (Phi) is 2.43. The van der Waals surface area contributed by atoms with Crippen molar-refractivity contribution in [1.29, 1.82) is 0 Å². The Hall–Kier alpha value is -0.630. The number of carbonyl (C=O) groups is 1. The van der Waals surface area contributed by atoms with Crippen LogP contribution in [0.2, 0.25) is 0 Å². The Morgan fingerprint density at radius 2 is 2.19 bits per heavy atom. The molecule has 0 aromatic carbocycles. The molecule has 86 valence electrons. The molecule has 2 N–H and O–H groups in total. The quantitative estimate of drug-likeness (QED) is 0.680. The zero-order valence-electron chi connectivity index (χ0n) is 8.79. The summed E-state index contributed by atoms with van der Waals surface area (Å²) in [5.74, 6) is -0.0152. The Balaban J connectivity index is 1.96. The summed E-state index contributed by atoms with van der Waals surface area (Å²) < 4.78 is 1.70. The number of piperidine rings is 1. The molecule has 1 saturated heterocycles. The van der Waals surface area contributed by atoms with Gasteiger partial charge in [0.1, 0.15) is 0 Å². The first kappa shape index (κ1) is 10.5. The number of hydrogen-bond donors (Lipinski definition) is 2. The van der Waals surface area contributed by atoms with Crippen molar-refractivity contribution in [2.45, 2.75) is 24.8 Å². The van der Waals surface area contributed by atoms with E-state index in [9.17, 15) is 4.79 Å². The van der Waals surface area contributed by atoms with E-state index in [1.807, 2.05) is 6.20 Å². The predicted molar refractivity (Wildman–Crippen MR) is 67.6 cm³/mol. The van der Waals surface area contributed by atoms with Gasteiger partial charge in [-0.2, -0.15) is 5.10 Å². The number of hydrogen-bond acceptors (Lipinski definition) is 3. The third kappa shape index (κ3) is 1.64. The summed E-state index contributed by atoms with van der Waals surface area (Å²) >= 11 is 2.08. The van der Waals surface area contributed by atoms with E-state index in [1.165, 1.54) is 0 Å². The predicted octanol–water partition coefficient (Wildman–Crippen LogP) is 0.489. The molecule has 1 spiro atoms. The molecule has 0 atom stereocenters. The first-order chi connectivity index (χ1) is 7.69. The van der Waals surface area contributed by atoms with Gasteiger partial charge in [-0.3, -0.25) is 4.79 Å². The van der Waals surface area contributed by atoms with E-state index in [4.69, 9.17) is 0 Å². The van der Waals surface area contributed by atoms with Gasteiger partial charge in [0.15, 0.2) is 5.69 Å². The van der Waals surface area contributed by atoms with Crippen molar-refractivity contribution in [3.63, 3.8) is 0 Å². The van der Waals surface area contributed by atoms with Gasteiger partial charge >= 0.3 is 0 Å². The maximum atomic E-state index is 12.0. The average molecular weight is 332 g/mol. The topological polar surface area (TPSA) is 59.0 Å². The van der Waals surface area contributed by atoms with Crippen LogP contribution >= 0.6 is 22.9 Å². The average Bonchev–Trinajstić information content (AvgIpc) is 2.60. The van der Waals surface area contributed by atoms with Crippen LogP contribution in [0.25, 0.3) is 0 Å². The van der Waals surface area contributed by atoms with E-state index >= 15 is 0 Å².